The fraction of sp³-hybridized carbons (Fsp3) is 0.657. The van der Waals surface area contributed by atoms with E-state index in [1.54, 1.807) is 74.6 Å². The number of carboxylic acid groups (broad SMARTS) is 4. The van der Waals surface area contributed by atoms with Gasteiger partial charge in [-0.15, -0.1) is 0 Å². The molecule has 0 aliphatic carbocycles. The maximum atomic E-state index is 14.1. The monoisotopic (exact) mass is 1630 g/mol. The van der Waals surface area contributed by atoms with Gasteiger partial charge in [0.1, 0.15) is 48.3 Å². The van der Waals surface area contributed by atoms with Gasteiger partial charge in [0.2, 0.25) is 59.1 Å². The molecule has 1 aromatic heterocycles. The zero-order chi connectivity index (χ0) is 85.1. The van der Waals surface area contributed by atoms with Crippen molar-refractivity contribution < 1.29 is 97.1 Å². The molecule has 27 N–H and O–H groups in total. The van der Waals surface area contributed by atoms with Crippen LogP contribution in [0.15, 0.2) is 39.3 Å². The number of H-pyrrole nitrogens is 1. The Morgan fingerprint density at radius 3 is 1.42 bits per heavy atom. The van der Waals surface area contributed by atoms with Crippen molar-refractivity contribution in [3.8, 4) is 0 Å². The normalized spacial score (nSPS) is 22.7. The largest absolute Gasteiger partial charge is 0.481 e. The highest BCUT2D eigenvalue weighted by Gasteiger charge is 2.42. The van der Waals surface area contributed by atoms with Crippen LogP contribution in [0.2, 0.25) is 0 Å². The Morgan fingerprint density at radius 2 is 1.02 bits per heavy atom. The Kier molecular flexibility index (Phi) is 41.7. The highest BCUT2D eigenvalue weighted by Crippen LogP contribution is 2.25. The molecule has 43 heteroatoms. The third-order valence-corrected chi connectivity index (χ3v) is 21.3. The smallest absolute Gasteiger partial charge is 0.327 e. The van der Waals surface area contributed by atoms with Crippen molar-refractivity contribution in [3.05, 3.63) is 30.0 Å². The molecule has 17 atom stereocenters. The maximum Gasteiger partial charge on any atom is 0.327 e. The van der Waals surface area contributed by atoms with Crippen LogP contribution in [0, 0.1) is 35.5 Å². The zero-order valence-corrected chi connectivity index (χ0v) is 66.5. The molecule has 17 unspecified atom stereocenters. The van der Waals surface area contributed by atoms with E-state index < -0.39 is 233 Å². The standard InChI is InChI=1S/C35H57N11O10S.C35H56N10O10S/c1-6-17(4)27-32(53)43-23(10-19-13-39-15-41-19)31(52)44-24(34(55)56)14-57-18(5)28(33(54)45-27)46-29(50)20(16(2)3)11-25(47)22(8-7-9-40-35(37)38)42-30(51)21(36)12-26(48)49;1-5-18(4)28-33(53)42-23(12-19-8-6-10-39-19)31(51)44-25(34(54)55)16-56-15-24(32(52)45-28)43-29(49)20(17(2)3)13-26(46)22(9-7-11-40-35(37)38)41-30(50)21(36)14-27(47)48/h13,15-18,20-24,27-28H,6-12,14,36H2,1-5H3,(H,39,41)(H,42,51)(H,43,53)(H,44,52)(H,45,54)(H,46,50)(H,48,49)(H,55,56)(H4,37,38,40);8,10,17-18,20-25,28H,5-7,9,11-16,36H2,1-4H3,(H,41,50)(H,42,53)(H,43,49)(H,44,51)(H,45,52)(H,47,48)(H,54,55)(H4,37,38,40). The second kappa shape index (κ2) is 48.6. The Hall–Kier alpha value is -10.3. The number of aromatic nitrogens is 2. The number of hydrogen-bond donors (Lipinski definition) is 21. The molecule has 113 heavy (non-hydrogen) atoms. The summed E-state index contributed by atoms with van der Waals surface area (Å²) < 4.78 is 0. The van der Waals surface area contributed by atoms with E-state index in [4.69, 9.17) is 44.6 Å². The third-order valence-electron chi connectivity index (χ3n) is 18.9. The number of ketones is 2. The average Bonchev–Trinajstić information content (AvgIpc) is 1.82. The molecule has 0 spiro atoms. The Morgan fingerprint density at radius 1 is 0.566 bits per heavy atom. The summed E-state index contributed by atoms with van der Waals surface area (Å²) in [6, 6.07) is -15.6. The number of rotatable bonds is 38. The first-order chi connectivity index (χ1) is 53.1. The number of guanidine groups is 2. The molecule has 0 saturated carbocycles. The Balaban J connectivity index is 0.000000585. The Labute approximate surface area is 662 Å². The van der Waals surface area contributed by atoms with Gasteiger partial charge in [0.15, 0.2) is 23.5 Å². The van der Waals surface area contributed by atoms with E-state index in [0.29, 0.717) is 30.7 Å². The Bertz CT molecular complexity index is 3610. The SMILES string of the molecule is CCC(C)C1NC(=O)C(NC(=O)C(CC(=O)C(CCCN=C(N)N)NC(=O)C(N)CC(=O)O)C(C)C)C(C)SCC(C(=O)O)NC(=O)C(Cc2cnc[nH]2)NC1=O.CCC(C)C1NC(=O)C(NC(=O)C(CC(=O)C(CCCN=C(N)N)NC(=O)C(N)CC(=O)O)C(C)C)CSCC(C(=O)O)NC(=O)C(CC2=CCC=N2)NC1=O. The molecule has 4 heterocycles. The highest BCUT2D eigenvalue weighted by molar-refractivity contribution is 8.00. The van der Waals surface area contributed by atoms with Crippen molar-refractivity contribution >= 4 is 136 Å². The van der Waals surface area contributed by atoms with E-state index in [9.17, 15) is 86.9 Å². The first-order valence-corrected chi connectivity index (χ1v) is 39.3. The molecule has 0 bridgehead atoms. The molecule has 10 amide bonds. The van der Waals surface area contributed by atoms with Crippen LogP contribution in [0.1, 0.15) is 145 Å². The summed E-state index contributed by atoms with van der Waals surface area (Å²) in [5.41, 5.74) is 34.0. The number of imidazole rings is 1. The number of carbonyl (C=O) groups is 16. The highest BCUT2D eigenvalue weighted by atomic mass is 32.2. The number of hydrogen-bond acceptors (Lipinski definition) is 24. The van der Waals surface area contributed by atoms with Crippen LogP contribution in [0.25, 0.3) is 0 Å². The van der Waals surface area contributed by atoms with Gasteiger partial charge in [-0.25, -0.2) is 14.6 Å². The number of nitrogens with two attached hydrogens (primary N) is 6. The lowest BCUT2D eigenvalue weighted by atomic mass is 9.87. The minimum Gasteiger partial charge on any atom is -0.481 e. The molecule has 4 rings (SSSR count). The second-order valence-electron chi connectivity index (χ2n) is 28.5. The number of nitrogens with zero attached hydrogens (tertiary/aromatic N) is 4. The van der Waals surface area contributed by atoms with E-state index in [0.717, 1.165) is 23.5 Å². The molecule has 1 aromatic rings. The van der Waals surface area contributed by atoms with E-state index in [-0.39, 0.29) is 80.8 Å². The van der Waals surface area contributed by atoms with Crippen LogP contribution < -0.4 is 87.6 Å². The van der Waals surface area contributed by atoms with Crippen molar-refractivity contribution in [2.24, 2.45) is 84.9 Å². The van der Waals surface area contributed by atoms with Crippen LogP contribution in [0.5, 0.6) is 0 Å². The molecular formula is C70H113N21O20S2. The topological polar surface area (TPSA) is 696 Å². The second-order valence-corrected chi connectivity index (χ2v) is 31.0. The first-order valence-electron chi connectivity index (χ1n) is 37.1. The van der Waals surface area contributed by atoms with Crippen molar-refractivity contribution in [1.82, 2.24) is 63.1 Å². The van der Waals surface area contributed by atoms with Gasteiger partial charge >= 0.3 is 23.9 Å². The summed E-state index contributed by atoms with van der Waals surface area (Å²) in [7, 11) is 0. The lowest BCUT2D eigenvalue weighted by molar-refractivity contribution is -0.142. The van der Waals surface area contributed by atoms with Crippen molar-refractivity contribution in [1.29, 1.82) is 0 Å². The number of carbonyl (C=O) groups excluding carboxylic acids is 12. The minimum atomic E-state index is -1.46. The number of aromatic amines is 1. The van der Waals surface area contributed by atoms with Crippen LogP contribution in [-0.2, 0) is 83.1 Å². The van der Waals surface area contributed by atoms with E-state index in [1.807, 2.05) is 0 Å². The van der Waals surface area contributed by atoms with Gasteiger partial charge in [0, 0.05) is 103 Å². The molecule has 0 aromatic carbocycles. The number of amides is 10. The minimum absolute atomic E-state index is 0.0152. The lowest BCUT2D eigenvalue weighted by Gasteiger charge is -2.31. The number of aliphatic imine (C=N–C) groups is 3. The summed E-state index contributed by atoms with van der Waals surface area (Å²) >= 11 is 1.96. The molecule has 3 aliphatic heterocycles. The van der Waals surface area contributed by atoms with Gasteiger partial charge in [0.25, 0.3) is 0 Å². The van der Waals surface area contributed by atoms with Crippen molar-refractivity contribution in [3.63, 3.8) is 0 Å². The lowest BCUT2D eigenvalue weighted by Crippen LogP contribution is -2.60. The van der Waals surface area contributed by atoms with Gasteiger partial charge in [-0.3, -0.25) is 82.1 Å². The predicted octanol–water partition coefficient (Wildman–Crippen LogP) is -4.15. The molecule has 2 saturated heterocycles. The van der Waals surface area contributed by atoms with E-state index in [2.05, 4.69) is 78.1 Å². The van der Waals surface area contributed by atoms with Crippen LogP contribution >= 0.6 is 23.5 Å². The van der Waals surface area contributed by atoms with Crippen molar-refractivity contribution in [2.75, 3.05) is 30.3 Å². The summed E-state index contributed by atoms with van der Waals surface area (Å²) in [4.78, 5) is 229. The number of carboxylic acids is 4. The fourth-order valence-corrected chi connectivity index (χ4v) is 13.8. The van der Waals surface area contributed by atoms with E-state index in [1.165, 1.54) is 12.5 Å². The van der Waals surface area contributed by atoms with Crippen LogP contribution in [-0.4, -0.2) is 251 Å². The molecule has 41 nitrogen and oxygen atoms in total. The third kappa shape index (κ3) is 33.9. The van der Waals surface area contributed by atoms with Crippen LogP contribution in [0.3, 0.4) is 0 Å². The number of nitrogens with one attached hydrogen (secondary N) is 11. The summed E-state index contributed by atoms with van der Waals surface area (Å²) in [6.07, 6.45) is 5.90. The fourth-order valence-electron chi connectivity index (χ4n) is 11.6. The van der Waals surface area contributed by atoms with Gasteiger partial charge in [0.05, 0.1) is 43.3 Å². The van der Waals surface area contributed by atoms with E-state index >= 15 is 0 Å². The molecule has 630 valence electrons. The molecule has 0 radical (unpaired) electrons. The summed E-state index contributed by atoms with van der Waals surface area (Å²) in [6.45, 7) is 15.6. The van der Waals surface area contributed by atoms with Gasteiger partial charge in [-0.2, -0.15) is 23.5 Å². The zero-order valence-electron chi connectivity index (χ0n) is 64.9. The number of thioether (sulfide) groups is 2. The van der Waals surface area contributed by atoms with Crippen LogP contribution in [0.4, 0.5) is 0 Å². The summed E-state index contributed by atoms with van der Waals surface area (Å²) in [5, 5.41) is 63.3. The maximum absolute atomic E-state index is 14.1. The molecule has 2 fully saturated rings. The van der Waals surface area contributed by atoms with Gasteiger partial charge < -0.3 is 113 Å². The van der Waals surface area contributed by atoms with Crippen molar-refractivity contribution in [2.45, 2.75) is 224 Å². The molecular weight excluding hydrogens is 1520 g/mol. The number of aliphatic carboxylic acids is 4. The van der Waals surface area contributed by atoms with Gasteiger partial charge in [-0.1, -0.05) is 81.2 Å². The average molecular weight is 1630 g/mol. The first kappa shape index (κ1) is 96.9. The molecule has 3 aliphatic rings. The van der Waals surface area contributed by atoms with Gasteiger partial charge in [-0.05, 0) is 49.4 Å². The predicted molar refractivity (Wildman–Crippen MR) is 417 cm³/mol. The quantitative estimate of drug-likeness (QED) is 0.0170. The number of allylic oxidation sites excluding steroid dienone is 1. The number of Topliss-reactive ketones (excluding diaryl/α,β-unsaturated/α-hetero) is 2. The summed E-state index contributed by atoms with van der Waals surface area (Å²) in [5.74, 6) is -19.0.